The van der Waals surface area contributed by atoms with Crippen molar-refractivity contribution in [3.8, 4) is 21.7 Å². The highest BCUT2D eigenvalue weighted by Gasteiger charge is 2.17. The highest BCUT2D eigenvalue weighted by molar-refractivity contribution is 7.19. The molecule has 0 fully saturated rings. The van der Waals surface area contributed by atoms with Gasteiger partial charge in [-0.2, -0.15) is 0 Å². The van der Waals surface area contributed by atoms with E-state index in [0.717, 1.165) is 21.7 Å². The van der Waals surface area contributed by atoms with Crippen LogP contribution >= 0.6 is 11.3 Å². The van der Waals surface area contributed by atoms with Gasteiger partial charge in [0.25, 0.3) is 0 Å². The molecule has 0 spiro atoms. The van der Waals surface area contributed by atoms with E-state index in [4.69, 9.17) is 5.73 Å². The van der Waals surface area contributed by atoms with Crippen LogP contribution in [0, 0.1) is 12.7 Å². The van der Waals surface area contributed by atoms with Crippen molar-refractivity contribution in [3.63, 3.8) is 0 Å². The smallest absolute Gasteiger partial charge is 0.181 e. The first-order valence-corrected chi connectivity index (χ1v) is 7.05. The van der Waals surface area contributed by atoms with Crippen molar-refractivity contribution in [1.29, 1.82) is 0 Å². The topological polar surface area (TPSA) is 38.9 Å². The maximum absolute atomic E-state index is 14.0. The number of halogens is 1. The summed E-state index contributed by atoms with van der Waals surface area (Å²) >= 11 is 1.31. The van der Waals surface area contributed by atoms with Crippen LogP contribution in [-0.4, -0.2) is 4.98 Å². The molecule has 2 aromatic carbocycles. The molecule has 0 unspecified atom stereocenters. The maximum Gasteiger partial charge on any atom is 0.181 e. The van der Waals surface area contributed by atoms with Crippen molar-refractivity contribution in [2.45, 2.75) is 6.92 Å². The minimum absolute atomic E-state index is 0.258. The van der Waals surface area contributed by atoms with Gasteiger partial charge in [-0.1, -0.05) is 53.8 Å². The number of hydrogen-bond acceptors (Lipinski definition) is 3. The summed E-state index contributed by atoms with van der Waals surface area (Å²) in [6, 6.07) is 14.6. The quantitative estimate of drug-likeness (QED) is 0.752. The molecular formula is C16H13FN2S. The lowest BCUT2D eigenvalue weighted by atomic mass is 10.0. The van der Waals surface area contributed by atoms with E-state index in [9.17, 15) is 4.39 Å². The Kier molecular flexibility index (Phi) is 3.24. The summed E-state index contributed by atoms with van der Waals surface area (Å²) in [6.07, 6.45) is 0. The van der Waals surface area contributed by atoms with Gasteiger partial charge in [0.2, 0.25) is 0 Å². The van der Waals surface area contributed by atoms with Gasteiger partial charge in [-0.25, -0.2) is 9.37 Å². The summed E-state index contributed by atoms with van der Waals surface area (Å²) in [7, 11) is 0. The third kappa shape index (κ3) is 2.18. The van der Waals surface area contributed by atoms with Gasteiger partial charge >= 0.3 is 0 Å². The number of nitrogens with zero attached hydrogens (tertiary/aromatic N) is 1. The van der Waals surface area contributed by atoms with Gasteiger partial charge in [0.1, 0.15) is 5.82 Å². The van der Waals surface area contributed by atoms with Gasteiger partial charge in [0.05, 0.1) is 10.6 Å². The highest BCUT2D eigenvalue weighted by Crippen LogP contribution is 2.39. The molecule has 3 aromatic rings. The van der Waals surface area contributed by atoms with Crippen LogP contribution in [0.1, 0.15) is 5.56 Å². The molecule has 0 saturated carbocycles. The number of anilines is 1. The van der Waals surface area contributed by atoms with E-state index < -0.39 is 0 Å². The van der Waals surface area contributed by atoms with Crippen LogP contribution in [-0.2, 0) is 0 Å². The van der Waals surface area contributed by atoms with E-state index >= 15 is 0 Å². The van der Waals surface area contributed by atoms with Crippen molar-refractivity contribution < 1.29 is 4.39 Å². The van der Waals surface area contributed by atoms with Crippen LogP contribution in [0.4, 0.5) is 9.52 Å². The number of benzene rings is 2. The number of rotatable bonds is 2. The molecule has 100 valence electrons. The Balaban J connectivity index is 2.25. The molecule has 2 N–H and O–H groups in total. The Bertz CT molecular complexity index is 702. The van der Waals surface area contributed by atoms with E-state index in [1.807, 2.05) is 37.3 Å². The number of aryl methyl sites for hydroxylation is 1. The molecule has 0 bridgehead atoms. The molecule has 0 amide bonds. The predicted octanol–water partition coefficient (Wildman–Crippen LogP) is 4.51. The van der Waals surface area contributed by atoms with Crippen molar-refractivity contribution in [3.05, 3.63) is 59.9 Å². The van der Waals surface area contributed by atoms with Gasteiger partial charge in [-0.3, -0.25) is 0 Å². The first-order chi connectivity index (χ1) is 9.66. The molecule has 2 nitrogen and oxygen atoms in total. The fourth-order valence-corrected chi connectivity index (χ4v) is 3.06. The normalized spacial score (nSPS) is 10.7. The number of hydrogen-bond donors (Lipinski definition) is 1. The molecule has 0 saturated heterocycles. The number of aromatic nitrogens is 1. The second-order valence-corrected chi connectivity index (χ2v) is 5.56. The van der Waals surface area contributed by atoms with Crippen LogP contribution in [0.3, 0.4) is 0 Å². The van der Waals surface area contributed by atoms with E-state index in [-0.39, 0.29) is 5.82 Å². The largest absolute Gasteiger partial charge is 0.375 e. The summed E-state index contributed by atoms with van der Waals surface area (Å²) in [4.78, 5) is 5.16. The van der Waals surface area contributed by atoms with Crippen LogP contribution in [0.5, 0.6) is 0 Å². The Morgan fingerprint density at radius 2 is 1.65 bits per heavy atom. The van der Waals surface area contributed by atoms with E-state index in [1.54, 1.807) is 12.1 Å². The van der Waals surface area contributed by atoms with E-state index in [2.05, 4.69) is 4.98 Å². The third-order valence-electron chi connectivity index (χ3n) is 3.16. The van der Waals surface area contributed by atoms with Gasteiger partial charge < -0.3 is 5.73 Å². The lowest BCUT2D eigenvalue weighted by Gasteiger charge is -2.06. The average molecular weight is 284 g/mol. The summed E-state index contributed by atoms with van der Waals surface area (Å²) < 4.78 is 14.0. The van der Waals surface area contributed by atoms with Crippen molar-refractivity contribution in [1.82, 2.24) is 4.98 Å². The Morgan fingerprint density at radius 3 is 2.35 bits per heavy atom. The Hall–Kier alpha value is -2.20. The monoisotopic (exact) mass is 284 g/mol. The molecule has 0 aliphatic rings. The first-order valence-electron chi connectivity index (χ1n) is 6.24. The molecule has 3 rings (SSSR count). The molecular weight excluding hydrogens is 271 g/mol. The summed E-state index contributed by atoms with van der Waals surface area (Å²) in [5.41, 5.74) is 9.20. The van der Waals surface area contributed by atoms with Gasteiger partial charge in [-0.15, -0.1) is 0 Å². The second-order valence-electron chi connectivity index (χ2n) is 4.52. The van der Waals surface area contributed by atoms with Crippen molar-refractivity contribution in [2.75, 3.05) is 5.73 Å². The molecule has 0 atom stereocenters. The molecule has 4 heteroatoms. The van der Waals surface area contributed by atoms with Crippen LogP contribution < -0.4 is 5.73 Å². The molecule has 20 heavy (non-hydrogen) atoms. The zero-order chi connectivity index (χ0) is 14.1. The SMILES string of the molecule is Cc1ccccc1-c1nc(N)sc1-c1ccccc1F. The number of thiazole rings is 1. The van der Waals surface area contributed by atoms with Crippen LogP contribution in [0.15, 0.2) is 48.5 Å². The fraction of sp³-hybridized carbons (Fsp3) is 0.0625. The minimum atomic E-state index is -0.258. The number of nitrogens with two attached hydrogens (primary N) is 1. The van der Waals surface area contributed by atoms with Crippen LogP contribution in [0.25, 0.3) is 21.7 Å². The summed E-state index contributed by atoms with van der Waals surface area (Å²) in [5.74, 6) is -0.258. The Morgan fingerprint density at radius 1 is 1.00 bits per heavy atom. The van der Waals surface area contributed by atoms with E-state index in [0.29, 0.717) is 10.7 Å². The lowest BCUT2D eigenvalue weighted by Crippen LogP contribution is -1.88. The zero-order valence-corrected chi connectivity index (χ0v) is 11.7. The van der Waals surface area contributed by atoms with Gasteiger partial charge in [0, 0.05) is 11.1 Å². The van der Waals surface area contributed by atoms with E-state index in [1.165, 1.54) is 17.4 Å². The van der Waals surface area contributed by atoms with Gasteiger partial charge in [-0.05, 0) is 18.6 Å². The zero-order valence-electron chi connectivity index (χ0n) is 10.9. The fourth-order valence-electron chi connectivity index (χ4n) is 2.19. The third-order valence-corrected chi connectivity index (χ3v) is 4.08. The first kappa shape index (κ1) is 12.8. The summed E-state index contributed by atoms with van der Waals surface area (Å²) in [6.45, 7) is 2.01. The summed E-state index contributed by atoms with van der Waals surface area (Å²) in [5, 5.41) is 0.446. The number of nitrogen functional groups attached to an aromatic ring is 1. The minimum Gasteiger partial charge on any atom is -0.375 e. The molecule has 1 heterocycles. The highest BCUT2D eigenvalue weighted by atomic mass is 32.1. The molecule has 0 aliphatic carbocycles. The molecule has 0 aliphatic heterocycles. The van der Waals surface area contributed by atoms with Gasteiger partial charge in [0.15, 0.2) is 5.13 Å². The molecule has 1 aromatic heterocycles. The lowest BCUT2D eigenvalue weighted by molar-refractivity contribution is 0.631. The Labute approximate surface area is 120 Å². The molecule has 0 radical (unpaired) electrons. The standard InChI is InChI=1S/C16H13FN2S/c1-10-6-2-3-7-11(10)14-15(20-16(18)19-14)12-8-4-5-9-13(12)17/h2-9H,1H3,(H2,18,19). The predicted molar refractivity (Wildman–Crippen MR) is 82.1 cm³/mol. The van der Waals surface area contributed by atoms with Crippen molar-refractivity contribution in [2.24, 2.45) is 0 Å². The maximum atomic E-state index is 14.0. The van der Waals surface area contributed by atoms with Crippen molar-refractivity contribution >= 4 is 16.5 Å². The van der Waals surface area contributed by atoms with Crippen LogP contribution in [0.2, 0.25) is 0 Å². The average Bonchev–Trinajstić information content (AvgIpc) is 2.81. The second kappa shape index (κ2) is 5.06.